The van der Waals surface area contributed by atoms with E-state index in [1.54, 1.807) is 12.1 Å². The molecule has 0 heterocycles. The number of carbonyl (C=O) groups excluding carboxylic acids is 1. The van der Waals surface area contributed by atoms with Crippen LogP contribution in [-0.4, -0.2) is 43.1 Å². The van der Waals surface area contributed by atoms with Gasteiger partial charge in [0.05, 0.1) is 33.4 Å². The van der Waals surface area contributed by atoms with Crippen LogP contribution in [-0.2, 0) is 16.0 Å². The molecule has 35 heavy (non-hydrogen) atoms. The normalized spacial score (nSPS) is 12.8. The number of hydrogen-bond acceptors (Lipinski definition) is 6. The van der Waals surface area contributed by atoms with E-state index in [0.717, 1.165) is 24.3 Å². The molecule has 0 saturated heterocycles. The largest absolute Gasteiger partial charge is 0.504 e. The molecule has 0 amide bonds. The van der Waals surface area contributed by atoms with E-state index in [1.165, 1.54) is 72.0 Å². The predicted molar refractivity (Wildman–Crippen MR) is 141 cm³/mol. The van der Waals surface area contributed by atoms with Crippen molar-refractivity contribution in [3.8, 4) is 17.2 Å². The van der Waals surface area contributed by atoms with Gasteiger partial charge < -0.3 is 24.4 Å². The highest BCUT2D eigenvalue weighted by Gasteiger charge is 2.13. The highest BCUT2D eigenvalue weighted by Crippen LogP contribution is 2.37. The summed E-state index contributed by atoms with van der Waals surface area (Å²) in [6, 6.07) is 3.43. The summed E-state index contributed by atoms with van der Waals surface area (Å²) in [5.41, 5.74) is 0.873. The van der Waals surface area contributed by atoms with E-state index < -0.39 is 6.10 Å². The molecule has 0 aliphatic rings. The molecule has 6 heteroatoms. The average molecular weight is 495 g/mol. The van der Waals surface area contributed by atoms with Gasteiger partial charge in [0, 0.05) is 0 Å². The van der Waals surface area contributed by atoms with Gasteiger partial charge in [0.25, 0.3) is 0 Å². The number of aliphatic hydroxyl groups is 1. The number of phenols is 1. The summed E-state index contributed by atoms with van der Waals surface area (Å²) in [7, 11) is 3.00. The second kappa shape index (κ2) is 19.3. The van der Waals surface area contributed by atoms with Crippen molar-refractivity contribution in [2.24, 2.45) is 5.92 Å². The quantitative estimate of drug-likeness (QED) is 0.142. The molecule has 0 aliphatic heterocycles. The Hall–Kier alpha value is -1.95. The third kappa shape index (κ3) is 14.3. The van der Waals surface area contributed by atoms with Gasteiger partial charge in [-0.05, 0) is 42.9 Å². The van der Waals surface area contributed by atoms with E-state index >= 15 is 0 Å². The summed E-state index contributed by atoms with van der Waals surface area (Å²) in [4.78, 5) is 12.0. The molecule has 6 nitrogen and oxygen atoms in total. The summed E-state index contributed by atoms with van der Waals surface area (Å²) in [6.07, 6.45) is 15.2. The van der Waals surface area contributed by atoms with Crippen LogP contribution in [0.15, 0.2) is 12.1 Å². The van der Waals surface area contributed by atoms with Crippen molar-refractivity contribution in [2.45, 2.75) is 116 Å². The fraction of sp³-hybridized carbons (Fsp3) is 0.759. The second-order valence-electron chi connectivity index (χ2n) is 9.83. The number of aliphatic hydroxyl groups excluding tert-OH is 1. The Kier molecular flexibility index (Phi) is 17.1. The summed E-state index contributed by atoms with van der Waals surface area (Å²) < 4.78 is 15.6. The second-order valence-corrected chi connectivity index (χ2v) is 9.83. The van der Waals surface area contributed by atoms with E-state index in [0.29, 0.717) is 30.8 Å². The molecule has 0 aromatic heterocycles. The van der Waals surface area contributed by atoms with Crippen LogP contribution < -0.4 is 9.47 Å². The first kappa shape index (κ1) is 31.1. The number of esters is 1. The highest BCUT2D eigenvalue weighted by atomic mass is 16.5. The molecule has 0 bridgehead atoms. The van der Waals surface area contributed by atoms with Crippen molar-refractivity contribution in [1.29, 1.82) is 0 Å². The van der Waals surface area contributed by atoms with Crippen LogP contribution in [0.3, 0.4) is 0 Å². The Morgan fingerprint density at radius 3 is 2.14 bits per heavy atom. The fourth-order valence-corrected chi connectivity index (χ4v) is 4.43. The Morgan fingerprint density at radius 2 is 1.51 bits per heavy atom. The van der Waals surface area contributed by atoms with Gasteiger partial charge in [-0.3, -0.25) is 4.79 Å². The van der Waals surface area contributed by atoms with Gasteiger partial charge in [0.1, 0.15) is 0 Å². The van der Waals surface area contributed by atoms with Crippen molar-refractivity contribution in [3.05, 3.63) is 17.7 Å². The van der Waals surface area contributed by atoms with Gasteiger partial charge in [-0.2, -0.15) is 0 Å². The lowest BCUT2D eigenvalue weighted by atomic mass is 9.96. The van der Waals surface area contributed by atoms with Crippen LogP contribution in [0.25, 0.3) is 0 Å². The summed E-state index contributed by atoms with van der Waals surface area (Å²) in [6.45, 7) is 4.91. The highest BCUT2D eigenvalue weighted by molar-refractivity contribution is 5.69. The maximum Gasteiger partial charge on any atom is 0.308 e. The average Bonchev–Trinajstić information content (AvgIpc) is 2.83. The number of carbonyl (C=O) groups is 1. The third-order valence-electron chi connectivity index (χ3n) is 6.58. The Labute approximate surface area is 213 Å². The van der Waals surface area contributed by atoms with Crippen molar-refractivity contribution in [1.82, 2.24) is 0 Å². The summed E-state index contributed by atoms with van der Waals surface area (Å²) >= 11 is 0. The Bertz CT molecular complexity index is 690. The topological polar surface area (TPSA) is 85.2 Å². The number of ether oxygens (including phenoxy) is 3. The summed E-state index contributed by atoms with van der Waals surface area (Å²) in [5.74, 6) is 1.27. The number of aromatic hydroxyl groups is 1. The zero-order valence-corrected chi connectivity index (χ0v) is 22.7. The summed E-state index contributed by atoms with van der Waals surface area (Å²) in [5, 5.41) is 20.2. The first-order valence-electron chi connectivity index (χ1n) is 13.7. The van der Waals surface area contributed by atoms with Crippen LogP contribution in [0.4, 0.5) is 0 Å². The van der Waals surface area contributed by atoms with E-state index in [2.05, 4.69) is 13.8 Å². The van der Waals surface area contributed by atoms with E-state index in [4.69, 9.17) is 14.2 Å². The first-order chi connectivity index (χ1) is 16.9. The number of hydrogen-bond donors (Lipinski definition) is 2. The Balaban J connectivity index is 2.06. The molecule has 1 aromatic carbocycles. The molecule has 0 spiro atoms. The molecule has 0 saturated carbocycles. The molecule has 2 atom stereocenters. The van der Waals surface area contributed by atoms with E-state index in [9.17, 15) is 15.0 Å². The molecule has 0 radical (unpaired) electrons. The fourth-order valence-electron chi connectivity index (χ4n) is 4.43. The lowest BCUT2D eigenvalue weighted by molar-refractivity contribution is -0.146. The third-order valence-corrected chi connectivity index (χ3v) is 6.58. The van der Waals surface area contributed by atoms with Crippen molar-refractivity contribution in [2.75, 3.05) is 20.8 Å². The molecule has 202 valence electrons. The van der Waals surface area contributed by atoms with Crippen LogP contribution in [0.5, 0.6) is 17.2 Å². The molecule has 0 aliphatic carbocycles. The van der Waals surface area contributed by atoms with Gasteiger partial charge in [-0.15, -0.1) is 0 Å². The minimum Gasteiger partial charge on any atom is -0.504 e. The van der Waals surface area contributed by atoms with Gasteiger partial charge in [-0.1, -0.05) is 84.5 Å². The Morgan fingerprint density at radius 1 is 0.886 bits per heavy atom. The number of unbranched alkanes of at least 4 members (excludes halogenated alkanes) is 7. The number of rotatable bonds is 21. The molecule has 0 unspecified atom stereocenters. The SMILES string of the molecule is CCCCCC[C@H](C)CCCCCCC[C@H](O)CC(=O)OCCCc1cc(O)c(OC)c(OC)c1. The van der Waals surface area contributed by atoms with Crippen LogP contribution in [0, 0.1) is 5.92 Å². The standard InChI is InChI=1S/C29H50O6/c1-5-6-7-11-15-23(2)16-12-9-8-10-13-18-25(30)22-28(32)35-19-14-17-24-20-26(31)29(34-4)27(21-24)33-3/h20-21,23,25,30-31H,5-19,22H2,1-4H3/t23-,25-/m0/s1. The predicted octanol–water partition coefficient (Wildman–Crippen LogP) is 6.97. The first-order valence-corrected chi connectivity index (χ1v) is 13.7. The molecule has 1 aromatic rings. The van der Waals surface area contributed by atoms with Crippen molar-refractivity contribution < 1.29 is 29.2 Å². The van der Waals surface area contributed by atoms with Gasteiger partial charge in [0.2, 0.25) is 5.75 Å². The van der Waals surface area contributed by atoms with Gasteiger partial charge in [0.15, 0.2) is 11.5 Å². The number of benzene rings is 1. The zero-order chi connectivity index (χ0) is 25.9. The van der Waals surface area contributed by atoms with Gasteiger partial charge >= 0.3 is 5.97 Å². The number of methoxy groups -OCH3 is 2. The lowest BCUT2D eigenvalue weighted by Crippen LogP contribution is -2.16. The number of aryl methyl sites for hydroxylation is 1. The minimum absolute atomic E-state index is 0.0225. The van der Waals surface area contributed by atoms with Crippen molar-refractivity contribution in [3.63, 3.8) is 0 Å². The van der Waals surface area contributed by atoms with E-state index in [1.807, 2.05) is 0 Å². The molecule has 0 fully saturated rings. The minimum atomic E-state index is -0.631. The molecular formula is C29H50O6. The zero-order valence-electron chi connectivity index (χ0n) is 22.7. The molecular weight excluding hydrogens is 444 g/mol. The van der Waals surface area contributed by atoms with Crippen LogP contribution in [0.1, 0.15) is 109 Å². The van der Waals surface area contributed by atoms with Crippen LogP contribution >= 0.6 is 0 Å². The smallest absolute Gasteiger partial charge is 0.308 e. The maximum absolute atomic E-state index is 12.0. The molecule has 2 N–H and O–H groups in total. The van der Waals surface area contributed by atoms with E-state index in [-0.39, 0.29) is 24.7 Å². The molecule has 1 rings (SSSR count). The van der Waals surface area contributed by atoms with Crippen molar-refractivity contribution >= 4 is 5.97 Å². The maximum atomic E-state index is 12.0. The monoisotopic (exact) mass is 494 g/mol. The number of phenolic OH excluding ortho intramolecular Hbond substituents is 1. The van der Waals surface area contributed by atoms with Crippen LogP contribution in [0.2, 0.25) is 0 Å². The lowest BCUT2D eigenvalue weighted by Gasteiger charge is -2.12. The van der Waals surface area contributed by atoms with Gasteiger partial charge in [-0.25, -0.2) is 0 Å².